The summed E-state index contributed by atoms with van der Waals surface area (Å²) in [6.45, 7) is 2.77. The quantitative estimate of drug-likeness (QED) is 0.883. The van der Waals surface area contributed by atoms with Crippen LogP contribution in [0, 0.1) is 0 Å². The topological polar surface area (TPSA) is 51.8 Å². The highest BCUT2D eigenvalue weighted by molar-refractivity contribution is 7.11. The summed E-state index contributed by atoms with van der Waals surface area (Å²) in [5.41, 5.74) is 8.18. The van der Waals surface area contributed by atoms with Crippen molar-refractivity contribution in [3.05, 3.63) is 45.7 Å². The Balaban J connectivity index is 2.16. The highest BCUT2D eigenvalue weighted by atomic mass is 32.1. The SMILES string of the molecule is CCCc1nc(Cc2ccncc2)sc1CN. The third-order valence-corrected chi connectivity index (χ3v) is 3.72. The number of rotatable bonds is 5. The predicted octanol–water partition coefficient (Wildman–Crippen LogP) is 2.54. The molecule has 0 bridgehead atoms. The molecule has 0 spiro atoms. The van der Waals surface area contributed by atoms with Crippen molar-refractivity contribution in [3.63, 3.8) is 0 Å². The number of pyridine rings is 1. The van der Waals surface area contributed by atoms with Crippen molar-refractivity contribution >= 4 is 11.3 Å². The number of hydrogen-bond acceptors (Lipinski definition) is 4. The van der Waals surface area contributed by atoms with E-state index >= 15 is 0 Å². The van der Waals surface area contributed by atoms with Gasteiger partial charge in [-0.1, -0.05) is 13.3 Å². The smallest absolute Gasteiger partial charge is 0.0975 e. The summed E-state index contributed by atoms with van der Waals surface area (Å²) in [7, 11) is 0. The van der Waals surface area contributed by atoms with E-state index in [1.165, 1.54) is 16.1 Å². The number of aromatic nitrogens is 2. The van der Waals surface area contributed by atoms with Gasteiger partial charge < -0.3 is 5.73 Å². The van der Waals surface area contributed by atoms with Crippen LogP contribution < -0.4 is 5.73 Å². The number of hydrogen-bond donors (Lipinski definition) is 1. The average molecular weight is 247 g/mol. The normalized spacial score (nSPS) is 10.7. The fourth-order valence-electron chi connectivity index (χ4n) is 1.78. The Hall–Kier alpha value is -1.26. The Morgan fingerprint density at radius 2 is 2.06 bits per heavy atom. The van der Waals surface area contributed by atoms with Crippen LogP contribution in [0.2, 0.25) is 0 Å². The Bertz CT molecular complexity index is 465. The second kappa shape index (κ2) is 5.89. The van der Waals surface area contributed by atoms with Gasteiger partial charge in [0.05, 0.1) is 10.7 Å². The molecule has 0 saturated carbocycles. The van der Waals surface area contributed by atoms with Crippen LogP contribution in [-0.4, -0.2) is 9.97 Å². The van der Waals surface area contributed by atoms with Crippen molar-refractivity contribution in [2.75, 3.05) is 0 Å². The first-order valence-corrected chi connectivity index (χ1v) is 6.71. The summed E-state index contributed by atoms with van der Waals surface area (Å²) in [6, 6.07) is 4.06. The second-order valence-corrected chi connectivity index (χ2v) is 5.13. The summed E-state index contributed by atoms with van der Waals surface area (Å²) in [4.78, 5) is 9.93. The first-order chi connectivity index (χ1) is 8.33. The average Bonchev–Trinajstić information content (AvgIpc) is 2.73. The van der Waals surface area contributed by atoms with Gasteiger partial charge in [0.15, 0.2) is 0 Å². The largest absolute Gasteiger partial charge is 0.326 e. The maximum absolute atomic E-state index is 5.75. The van der Waals surface area contributed by atoms with Gasteiger partial charge in [-0.15, -0.1) is 11.3 Å². The Kier molecular flexibility index (Phi) is 4.23. The lowest BCUT2D eigenvalue weighted by atomic mass is 10.2. The van der Waals surface area contributed by atoms with Crippen molar-refractivity contribution in [2.45, 2.75) is 32.7 Å². The highest BCUT2D eigenvalue weighted by Crippen LogP contribution is 2.21. The number of aryl methyl sites for hydroxylation is 1. The van der Waals surface area contributed by atoms with Gasteiger partial charge in [0.2, 0.25) is 0 Å². The van der Waals surface area contributed by atoms with Gasteiger partial charge in [0.1, 0.15) is 0 Å². The monoisotopic (exact) mass is 247 g/mol. The van der Waals surface area contributed by atoms with Crippen LogP contribution in [0.15, 0.2) is 24.5 Å². The Morgan fingerprint density at radius 1 is 1.29 bits per heavy atom. The summed E-state index contributed by atoms with van der Waals surface area (Å²) in [6.07, 6.45) is 6.66. The van der Waals surface area contributed by atoms with E-state index in [2.05, 4.69) is 16.9 Å². The summed E-state index contributed by atoms with van der Waals surface area (Å²) in [5.74, 6) is 0. The van der Waals surface area contributed by atoms with E-state index in [1.54, 1.807) is 11.3 Å². The minimum atomic E-state index is 0.601. The van der Waals surface area contributed by atoms with Gasteiger partial charge in [-0.3, -0.25) is 4.98 Å². The first kappa shape index (κ1) is 12.2. The van der Waals surface area contributed by atoms with Crippen LogP contribution in [0.5, 0.6) is 0 Å². The van der Waals surface area contributed by atoms with Crippen LogP contribution >= 0.6 is 11.3 Å². The molecule has 2 aromatic heterocycles. The molecular formula is C13H17N3S. The van der Waals surface area contributed by atoms with Crippen molar-refractivity contribution in [1.82, 2.24) is 9.97 Å². The minimum Gasteiger partial charge on any atom is -0.326 e. The molecule has 0 aromatic carbocycles. The van der Waals surface area contributed by atoms with Gasteiger partial charge in [-0.2, -0.15) is 0 Å². The van der Waals surface area contributed by atoms with Crippen molar-refractivity contribution in [2.24, 2.45) is 5.73 Å². The fraction of sp³-hybridized carbons (Fsp3) is 0.385. The van der Waals surface area contributed by atoms with Crippen molar-refractivity contribution < 1.29 is 0 Å². The van der Waals surface area contributed by atoms with E-state index in [0.29, 0.717) is 6.54 Å². The lowest BCUT2D eigenvalue weighted by Gasteiger charge is -1.95. The molecule has 0 unspecified atom stereocenters. The van der Waals surface area contributed by atoms with Crippen LogP contribution in [0.1, 0.15) is 34.5 Å². The van der Waals surface area contributed by atoms with Crippen LogP contribution in [-0.2, 0) is 19.4 Å². The third-order valence-electron chi connectivity index (χ3n) is 2.60. The lowest BCUT2D eigenvalue weighted by Crippen LogP contribution is -1.98. The molecule has 17 heavy (non-hydrogen) atoms. The highest BCUT2D eigenvalue weighted by Gasteiger charge is 2.09. The molecule has 4 heteroatoms. The first-order valence-electron chi connectivity index (χ1n) is 5.90. The molecule has 0 atom stereocenters. The van der Waals surface area contributed by atoms with E-state index in [9.17, 15) is 0 Å². The maximum atomic E-state index is 5.75. The summed E-state index contributed by atoms with van der Waals surface area (Å²) >= 11 is 1.74. The van der Waals surface area contributed by atoms with Gasteiger partial charge >= 0.3 is 0 Å². The molecular weight excluding hydrogens is 230 g/mol. The Labute approximate surface area is 106 Å². The van der Waals surface area contributed by atoms with E-state index < -0.39 is 0 Å². The van der Waals surface area contributed by atoms with Crippen LogP contribution in [0.3, 0.4) is 0 Å². The molecule has 0 aliphatic carbocycles. The zero-order chi connectivity index (χ0) is 12.1. The zero-order valence-corrected chi connectivity index (χ0v) is 10.8. The van der Waals surface area contributed by atoms with E-state index in [4.69, 9.17) is 5.73 Å². The molecule has 0 aliphatic rings. The minimum absolute atomic E-state index is 0.601. The summed E-state index contributed by atoms with van der Waals surface area (Å²) in [5, 5.41) is 1.15. The maximum Gasteiger partial charge on any atom is 0.0975 e. The van der Waals surface area contributed by atoms with Crippen LogP contribution in [0.4, 0.5) is 0 Å². The molecule has 0 saturated heterocycles. The lowest BCUT2D eigenvalue weighted by molar-refractivity contribution is 0.863. The molecule has 0 amide bonds. The predicted molar refractivity (Wildman–Crippen MR) is 71.0 cm³/mol. The number of nitrogens with zero attached hydrogens (tertiary/aromatic N) is 2. The van der Waals surface area contributed by atoms with Gasteiger partial charge in [0.25, 0.3) is 0 Å². The second-order valence-electron chi connectivity index (χ2n) is 3.96. The van der Waals surface area contributed by atoms with Gasteiger partial charge in [-0.05, 0) is 24.1 Å². The molecule has 0 fully saturated rings. The van der Waals surface area contributed by atoms with E-state index in [1.807, 2.05) is 24.5 Å². The molecule has 90 valence electrons. The molecule has 2 N–H and O–H groups in total. The Morgan fingerprint density at radius 3 is 2.71 bits per heavy atom. The summed E-state index contributed by atoms with van der Waals surface area (Å²) < 4.78 is 0. The molecule has 3 nitrogen and oxygen atoms in total. The number of thiazole rings is 1. The standard InChI is InChI=1S/C13H17N3S/c1-2-3-11-12(9-14)17-13(16-11)8-10-4-6-15-7-5-10/h4-7H,2-3,8-9,14H2,1H3. The van der Waals surface area contributed by atoms with Crippen molar-refractivity contribution in [3.8, 4) is 0 Å². The van der Waals surface area contributed by atoms with Crippen LogP contribution in [0.25, 0.3) is 0 Å². The molecule has 0 radical (unpaired) electrons. The third kappa shape index (κ3) is 3.11. The van der Waals surface area contributed by atoms with E-state index in [-0.39, 0.29) is 0 Å². The molecule has 0 aliphatic heterocycles. The van der Waals surface area contributed by atoms with E-state index in [0.717, 1.165) is 24.3 Å². The molecule has 2 aromatic rings. The van der Waals surface area contributed by atoms with Gasteiger partial charge in [-0.25, -0.2) is 4.98 Å². The zero-order valence-electron chi connectivity index (χ0n) is 10.0. The fourth-order valence-corrected chi connectivity index (χ4v) is 2.81. The molecule has 2 rings (SSSR count). The van der Waals surface area contributed by atoms with Gasteiger partial charge in [0, 0.05) is 30.2 Å². The molecule has 2 heterocycles. The van der Waals surface area contributed by atoms with Crippen molar-refractivity contribution in [1.29, 1.82) is 0 Å². The number of nitrogens with two attached hydrogens (primary N) is 1.